The molecule has 1 saturated heterocycles. The maximum absolute atomic E-state index is 12.6. The number of halogens is 1. The summed E-state index contributed by atoms with van der Waals surface area (Å²) < 4.78 is 1.89. The molecule has 0 spiro atoms. The highest BCUT2D eigenvalue weighted by Gasteiger charge is 2.35. The lowest BCUT2D eigenvalue weighted by atomic mass is 9.82. The lowest BCUT2D eigenvalue weighted by Crippen LogP contribution is -2.48. The molecule has 0 saturated carbocycles. The highest BCUT2D eigenvalue weighted by atomic mass is 35.5. The third-order valence-corrected chi connectivity index (χ3v) is 5.39. The number of likely N-dealkylation sites (tertiary alicyclic amines) is 1. The molecule has 3 heterocycles. The zero-order chi connectivity index (χ0) is 16.8. The van der Waals surface area contributed by atoms with Crippen LogP contribution in [0.5, 0.6) is 0 Å². The first-order valence-corrected chi connectivity index (χ1v) is 8.65. The lowest BCUT2D eigenvalue weighted by Gasteiger charge is -2.42. The summed E-state index contributed by atoms with van der Waals surface area (Å²) in [5.41, 5.74) is 2.92. The van der Waals surface area contributed by atoms with Gasteiger partial charge in [-0.15, -0.1) is 0 Å². The van der Waals surface area contributed by atoms with E-state index < -0.39 is 0 Å². The smallest absolute Gasteiger partial charge is 0.251 e. The van der Waals surface area contributed by atoms with Crippen molar-refractivity contribution in [3.63, 3.8) is 0 Å². The average Bonchev–Trinajstić information content (AvgIpc) is 2.55. The molecule has 2 aliphatic heterocycles. The van der Waals surface area contributed by atoms with Gasteiger partial charge in [0, 0.05) is 49.3 Å². The molecule has 1 aromatic carbocycles. The Balaban J connectivity index is 1.79. The fourth-order valence-corrected chi connectivity index (χ4v) is 4.24. The van der Waals surface area contributed by atoms with Gasteiger partial charge in [0.2, 0.25) is 5.91 Å². The molecule has 0 aliphatic carbocycles. The van der Waals surface area contributed by atoms with Crippen LogP contribution in [0.4, 0.5) is 0 Å². The van der Waals surface area contributed by atoms with E-state index in [0.717, 1.165) is 29.8 Å². The molecule has 2 aromatic rings. The summed E-state index contributed by atoms with van der Waals surface area (Å²) in [7, 11) is 0. The lowest BCUT2D eigenvalue weighted by molar-refractivity contribution is -0.131. The third-order valence-electron chi connectivity index (χ3n) is 5.16. The number of amides is 1. The van der Waals surface area contributed by atoms with E-state index in [1.54, 1.807) is 13.0 Å². The predicted octanol–water partition coefficient (Wildman–Crippen LogP) is 3.13. The van der Waals surface area contributed by atoms with Crippen molar-refractivity contribution < 1.29 is 4.79 Å². The Kier molecular flexibility index (Phi) is 3.72. The number of carbonyl (C=O) groups excluding carboxylic acids is 1. The van der Waals surface area contributed by atoms with Crippen LogP contribution < -0.4 is 5.56 Å². The molecule has 4 nitrogen and oxygen atoms in total. The zero-order valence-corrected chi connectivity index (χ0v) is 14.3. The van der Waals surface area contributed by atoms with Gasteiger partial charge in [0.05, 0.1) is 0 Å². The first-order chi connectivity index (χ1) is 11.5. The number of benzene rings is 1. The molecule has 0 radical (unpaired) electrons. The van der Waals surface area contributed by atoms with Crippen LogP contribution in [-0.4, -0.2) is 28.5 Å². The Morgan fingerprint density at radius 1 is 1.12 bits per heavy atom. The van der Waals surface area contributed by atoms with Crippen molar-refractivity contribution in [2.45, 2.75) is 25.8 Å². The molecule has 4 rings (SSSR count). The van der Waals surface area contributed by atoms with Crippen LogP contribution in [0.3, 0.4) is 0 Å². The predicted molar refractivity (Wildman–Crippen MR) is 94.3 cm³/mol. The van der Waals surface area contributed by atoms with Gasteiger partial charge in [0.1, 0.15) is 0 Å². The molecule has 1 amide bonds. The number of aromatic nitrogens is 1. The van der Waals surface area contributed by atoms with E-state index in [9.17, 15) is 9.59 Å². The van der Waals surface area contributed by atoms with Gasteiger partial charge in [0.15, 0.2) is 0 Å². The molecule has 1 fully saturated rings. The maximum atomic E-state index is 12.6. The Morgan fingerprint density at radius 3 is 2.71 bits per heavy atom. The number of fused-ring (bicyclic) bond motifs is 4. The SMILES string of the molecule is CC(=O)N1C[C@@H]2C[C@H](C1)c1cc(-c3cccc(Cl)c3)cc(=O)n1C2. The van der Waals surface area contributed by atoms with Gasteiger partial charge < -0.3 is 9.47 Å². The number of nitrogens with zero attached hydrogens (tertiary/aromatic N) is 2. The first kappa shape index (κ1) is 15.5. The third kappa shape index (κ3) is 2.65. The van der Waals surface area contributed by atoms with Gasteiger partial charge in [-0.25, -0.2) is 0 Å². The minimum absolute atomic E-state index is 0.0356. The Hall–Kier alpha value is -2.07. The summed E-state index contributed by atoms with van der Waals surface area (Å²) in [4.78, 5) is 26.3. The normalized spacial score (nSPS) is 22.2. The van der Waals surface area contributed by atoms with E-state index in [0.29, 0.717) is 24.0 Å². The number of rotatable bonds is 1. The molecule has 5 heteroatoms. The van der Waals surface area contributed by atoms with E-state index in [4.69, 9.17) is 11.6 Å². The quantitative estimate of drug-likeness (QED) is 0.799. The summed E-state index contributed by atoms with van der Waals surface area (Å²) >= 11 is 6.09. The van der Waals surface area contributed by atoms with Crippen molar-refractivity contribution in [3.05, 3.63) is 57.5 Å². The van der Waals surface area contributed by atoms with Crippen LogP contribution in [-0.2, 0) is 11.3 Å². The van der Waals surface area contributed by atoms with E-state index in [1.165, 1.54) is 0 Å². The van der Waals surface area contributed by atoms with Gasteiger partial charge in [0.25, 0.3) is 5.56 Å². The second-order valence-electron chi connectivity index (χ2n) is 6.85. The standard InChI is InChI=1S/C19H19ClN2O2/c1-12(23)21-9-13-5-16(11-21)18-7-15(8-19(24)22(18)10-13)14-3-2-4-17(20)6-14/h2-4,6-8,13,16H,5,9-11H2,1H3/t13-,16+/m0/s1. The Morgan fingerprint density at radius 2 is 1.96 bits per heavy atom. The van der Waals surface area contributed by atoms with Crippen LogP contribution in [0, 0.1) is 5.92 Å². The molecule has 24 heavy (non-hydrogen) atoms. The molecular formula is C19H19ClN2O2. The van der Waals surface area contributed by atoms with Crippen molar-refractivity contribution in [3.8, 4) is 11.1 Å². The van der Waals surface area contributed by atoms with Crippen molar-refractivity contribution in [1.29, 1.82) is 0 Å². The van der Waals surface area contributed by atoms with Gasteiger partial charge in [-0.3, -0.25) is 9.59 Å². The molecule has 0 N–H and O–H groups in total. The van der Waals surface area contributed by atoms with Crippen LogP contribution in [0.1, 0.15) is 25.0 Å². The van der Waals surface area contributed by atoms with Gasteiger partial charge in [-0.1, -0.05) is 23.7 Å². The molecule has 124 valence electrons. The Labute approximate surface area is 145 Å². The maximum Gasteiger partial charge on any atom is 0.251 e. The number of carbonyl (C=O) groups is 1. The van der Waals surface area contributed by atoms with Gasteiger partial charge in [-0.2, -0.15) is 0 Å². The summed E-state index contributed by atoms with van der Waals surface area (Å²) in [6.07, 6.45) is 1.04. The number of hydrogen-bond acceptors (Lipinski definition) is 2. The van der Waals surface area contributed by atoms with Crippen molar-refractivity contribution >= 4 is 17.5 Å². The topological polar surface area (TPSA) is 42.3 Å². The average molecular weight is 343 g/mol. The second-order valence-corrected chi connectivity index (χ2v) is 7.29. The molecule has 2 aliphatic rings. The van der Waals surface area contributed by atoms with Crippen LogP contribution >= 0.6 is 11.6 Å². The van der Waals surface area contributed by atoms with E-state index >= 15 is 0 Å². The second kappa shape index (κ2) is 5.78. The highest BCUT2D eigenvalue weighted by molar-refractivity contribution is 6.30. The molecule has 0 unspecified atom stereocenters. The zero-order valence-electron chi connectivity index (χ0n) is 13.5. The van der Waals surface area contributed by atoms with Crippen LogP contribution in [0.25, 0.3) is 11.1 Å². The van der Waals surface area contributed by atoms with E-state index in [1.807, 2.05) is 33.7 Å². The number of pyridine rings is 1. The summed E-state index contributed by atoms with van der Waals surface area (Å²) in [6, 6.07) is 11.3. The van der Waals surface area contributed by atoms with Gasteiger partial charge in [-0.05, 0) is 41.7 Å². The van der Waals surface area contributed by atoms with E-state index in [-0.39, 0.29) is 17.4 Å². The van der Waals surface area contributed by atoms with Crippen LogP contribution in [0.15, 0.2) is 41.2 Å². The minimum atomic E-state index is 0.0356. The largest absolute Gasteiger partial charge is 0.342 e. The van der Waals surface area contributed by atoms with Gasteiger partial charge >= 0.3 is 0 Å². The Bertz CT molecular complexity index is 874. The highest BCUT2D eigenvalue weighted by Crippen LogP contribution is 2.36. The van der Waals surface area contributed by atoms with Crippen LogP contribution in [0.2, 0.25) is 5.02 Å². The monoisotopic (exact) mass is 342 g/mol. The fourth-order valence-electron chi connectivity index (χ4n) is 4.05. The van der Waals surface area contributed by atoms with Crippen molar-refractivity contribution in [2.24, 2.45) is 5.92 Å². The molecule has 1 aromatic heterocycles. The minimum Gasteiger partial charge on any atom is -0.342 e. The van der Waals surface area contributed by atoms with Crippen molar-refractivity contribution in [2.75, 3.05) is 13.1 Å². The molecular weight excluding hydrogens is 324 g/mol. The van der Waals surface area contributed by atoms with Crippen molar-refractivity contribution in [1.82, 2.24) is 9.47 Å². The fraction of sp³-hybridized carbons (Fsp3) is 0.368. The molecule has 2 atom stereocenters. The first-order valence-electron chi connectivity index (χ1n) is 8.27. The number of hydrogen-bond donors (Lipinski definition) is 0. The summed E-state index contributed by atoms with van der Waals surface area (Å²) in [5, 5.41) is 0.658. The molecule has 2 bridgehead atoms. The summed E-state index contributed by atoms with van der Waals surface area (Å²) in [6.45, 7) is 3.78. The van der Waals surface area contributed by atoms with E-state index in [2.05, 4.69) is 6.07 Å². The summed E-state index contributed by atoms with van der Waals surface area (Å²) in [5.74, 6) is 0.717. The number of piperidine rings is 1.